The zero-order valence-corrected chi connectivity index (χ0v) is 14.5. The van der Waals surface area contributed by atoms with E-state index in [0.717, 1.165) is 53.9 Å². The fraction of sp³-hybridized carbons (Fsp3) is 0.333. The number of hydrogen-bond acceptors (Lipinski definition) is 5. The molecule has 3 heterocycles. The molecule has 1 fully saturated rings. The van der Waals surface area contributed by atoms with Crippen LogP contribution in [0.25, 0.3) is 22.2 Å². The highest BCUT2D eigenvalue weighted by Crippen LogP contribution is 2.32. The van der Waals surface area contributed by atoms with E-state index in [0.29, 0.717) is 0 Å². The Morgan fingerprint density at radius 3 is 2.54 bits per heavy atom. The van der Waals surface area contributed by atoms with E-state index in [1.807, 2.05) is 25.2 Å². The molecule has 1 aromatic carbocycles. The molecule has 1 aliphatic heterocycles. The maximum Gasteiger partial charge on any atom is 0.404 e. The predicted molar refractivity (Wildman–Crippen MR) is 98.1 cm³/mol. The summed E-state index contributed by atoms with van der Waals surface area (Å²) in [4.78, 5) is 13.0. The minimum Gasteiger partial charge on any atom is -0.465 e. The normalized spacial score (nSPS) is 15.3. The molecule has 0 spiro atoms. The molecule has 1 aliphatic rings. The summed E-state index contributed by atoms with van der Waals surface area (Å²) in [5.74, 6) is 0.847. The van der Waals surface area contributed by atoms with E-state index in [2.05, 4.69) is 37.6 Å². The molecule has 0 saturated carbocycles. The standard InChI is InChI=1S/C18H20N6O2/c1-23-15(6-9-19-23)16-13-4-2-3-5-14(13)17(22-21-16)24-10-7-12(8-11-24)20-18(25)26/h2-6,9,12,20H,7-8,10-11H2,1H3,(H,25,26). The number of carbonyl (C=O) groups is 1. The van der Waals surface area contributed by atoms with Gasteiger partial charge in [-0.15, -0.1) is 10.2 Å². The van der Waals surface area contributed by atoms with Gasteiger partial charge in [0, 0.05) is 43.1 Å². The predicted octanol–water partition coefficient (Wildman–Crippen LogP) is 2.27. The van der Waals surface area contributed by atoms with Crippen molar-refractivity contribution in [3.05, 3.63) is 36.5 Å². The van der Waals surface area contributed by atoms with Crippen molar-refractivity contribution in [2.45, 2.75) is 18.9 Å². The molecule has 134 valence electrons. The number of nitrogens with zero attached hydrogens (tertiary/aromatic N) is 5. The van der Waals surface area contributed by atoms with Crippen LogP contribution in [0.15, 0.2) is 36.5 Å². The van der Waals surface area contributed by atoms with Gasteiger partial charge in [0.05, 0.1) is 5.69 Å². The summed E-state index contributed by atoms with van der Waals surface area (Å²) in [6.45, 7) is 1.49. The quantitative estimate of drug-likeness (QED) is 0.751. The molecule has 3 aromatic rings. The summed E-state index contributed by atoms with van der Waals surface area (Å²) in [5.41, 5.74) is 1.73. The number of aromatic nitrogens is 4. The highest BCUT2D eigenvalue weighted by molar-refractivity contribution is 5.99. The number of benzene rings is 1. The highest BCUT2D eigenvalue weighted by Gasteiger charge is 2.24. The van der Waals surface area contributed by atoms with Crippen LogP contribution in [-0.2, 0) is 7.05 Å². The molecule has 0 atom stereocenters. The number of carboxylic acid groups (broad SMARTS) is 1. The number of anilines is 1. The Labute approximate surface area is 150 Å². The van der Waals surface area contributed by atoms with E-state index in [1.54, 1.807) is 10.9 Å². The number of aryl methyl sites for hydroxylation is 1. The first-order valence-electron chi connectivity index (χ1n) is 8.61. The molecule has 2 aromatic heterocycles. The molecule has 26 heavy (non-hydrogen) atoms. The smallest absolute Gasteiger partial charge is 0.404 e. The Bertz CT molecular complexity index is 946. The maximum atomic E-state index is 10.8. The molecule has 4 rings (SSSR count). The van der Waals surface area contributed by atoms with Crippen molar-refractivity contribution in [2.75, 3.05) is 18.0 Å². The lowest BCUT2D eigenvalue weighted by atomic mass is 10.0. The van der Waals surface area contributed by atoms with Crippen molar-refractivity contribution in [3.63, 3.8) is 0 Å². The summed E-state index contributed by atoms with van der Waals surface area (Å²) in [5, 5.41) is 26.8. The van der Waals surface area contributed by atoms with Crippen LogP contribution in [0.3, 0.4) is 0 Å². The molecule has 8 heteroatoms. The molecular formula is C18H20N6O2. The van der Waals surface area contributed by atoms with E-state index < -0.39 is 6.09 Å². The molecule has 1 amide bonds. The summed E-state index contributed by atoms with van der Waals surface area (Å²) in [6.07, 6.45) is 2.30. The van der Waals surface area contributed by atoms with Gasteiger partial charge in [-0.2, -0.15) is 5.10 Å². The summed E-state index contributed by atoms with van der Waals surface area (Å²) < 4.78 is 1.79. The first-order chi connectivity index (χ1) is 12.6. The van der Waals surface area contributed by atoms with Gasteiger partial charge in [-0.25, -0.2) is 4.79 Å². The van der Waals surface area contributed by atoms with Gasteiger partial charge in [0.1, 0.15) is 5.69 Å². The van der Waals surface area contributed by atoms with Gasteiger partial charge in [-0.1, -0.05) is 24.3 Å². The molecule has 1 saturated heterocycles. The second-order valence-corrected chi connectivity index (χ2v) is 6.47. The van der Waals surface area contributed by atoms with Gasteiger partial charge in [0.2, 0.25) is 0 Å². The fourth-order valence-corrected chi connectivity index (χ4v) is 3.53. The topological polar surface area (TPSA) is 96.2 Å². The van der Waals surface area contributed by atoms with Gasteiger partial charge >= 0.3 is 6.09 Å². The second-order valence-electron chi connectivity index (χ2n) is 6.47. The van der Waals surface area contributed by atoms with Gasteiger partial charge in [0.25, 0.3) is 0 Å². The van der Waals surface area contributed by atoms with Gasteiger partial charge in [0.15, 0.2) is 5.82 Å². The third kappa shape index (κ3) is 2.94. The molecule has 0 radical (unpaired) electrons. The van der Waals surface area contributed by atoms with E-state index in [1.165, 1.54) is 0 Å². The number of nitrogens with one attached hydrogen (secondary N) is 1. The van der Waals surface area contributed by atoms with Crippen LogP contribution in [0.1, 0.15) is 12.8 Å². The van der Waals surface area contributed by atoms with Gasteiger partial charge in [-0.3, -0.25) is 4.68 Å². The van der Waals surface area contributed by atoms with Crippen LogP contribution in [0.2, 0.25) is 0 Å². The van der Waals surface area contributed by atoms with Crippen LogP contribution in [0, 0.1) is 0 Å². The van der Waals surface area contributed by atoms with Crippen molar-refractivity contribution in [1.29, 1.82) is 0 Å². The molecular weight excluding hydrogens is 332 g/mol. The molecule has 8 nitrogen and oxygen atoms in total. The average Bonchev–Trinajstić information content (AvgIpc) is 3.07. The van der Waals surface area contributed by atoms with Crippen molar-refractivity contribution in [1.82, 2.24) is 25.3 Å². The average molecular weight is 352 g/mol. The molecule has 0 unspecified atom stereocenters. The number of piperidine rings is 1. The molecule has 0 aliphatic carbocycles. The van der Waals surface area contributed by atoms with Crippen LogP contribution in [0.5, 0.6) is 0 Å². The Hall–Kier alpha value is -3.16. The van der Waals surface area contributed by atoms with E-state index in [4.69, 9.17) is 5.11 Å². The Kier molecular flexibility index (Phi) is 4.16. The number of hydrogen-bond donors (Lipinski definition) is 2. The Morgan fingerprint density at radius 2 is 1.88 bits per heavy atom. The van der Waals surface area contributed by atoms with Crippen LogP contribution >= 0.6 is 0 Å². The first kappa shape index (κ1) is 16.3. The van der Waals surface area contributed by atoms with E-state index >= 15 is 0 Å². The highest BCUT2D eigenvalue weighted by atomic mass is 16.4. The van der Waals surface area contributed by atoms with E-state index in [9.17, 15) is 4.79 Å². The Morgan fingerprint density at radius 1 is 1.15 bits per heavy atom. The van der Waals surface area contributed by atoms with Gasteiger partial charge < -0.3 is 15.3 Å². The zero-order chi connectivity index (χ0) is 18.1. The Balaban J connectivity index is 1.68. The van der Waals surface area contributed by atoms with Crippen molar-refractivity contribution in [3.8, 4) is 11.4 Å². The van der Waals surface area contributed by atoms with Crippen molar-refractivity contribution < 1.29 is 9.90 Å². The monoisotopic (exact) mass is 352 g/mol. The maximum absolute atomic E-state index is 10.8. The minimum absolute atomic E-state index is 0.00307. The SMILES string of the molecule is Cn1nccc1-c1nnc(N2CCC(NC(=O)O)CC2)c2ccccc12. The van der Waals surface area contributed by atoms with Crippen LogP contribution in [0.4, 0.5) is 10.6 Å². The number of rotatable bonds is 3. The minimum atomic E-state index is -0.964. The summed E-state index contributed by atoms with van der Waals surface area (Å²) >= 11 is 0. The van der Waals surface area contributed by atoms with Gasteiger partial charge in [-0.05, 0) is 18.9 Å². The fourth-order valence-electron chi connectivity index (χ4n) is 3.53. The van der Waals surface area contributed by atoms with E-state index in [-0.39, 0.29) is 6.04 Å². The van der Waals surface area contributed by atoms with Crippen molar-refractivity contribution >= 4 is 22.7 Å². The summed E-state index contributed by atoms with van der Waals surface area (Å²) in [6, 6.07) is 10.0. The zero-order valence-electron chi connectivity index (χ0n) is 14.5. The lowest BCUT2D eigenvalue weighted by Gasteiger charge is -2.33. The number of fused-ring (bicyclic) bond motifs is 1. The largest absolute Gasteiger partial charge is 0.465 e. The lowest BCUT2D eigenvalue weighted by molar-refractivity contribution is 0.187. The lowest BCUT2D eigenvalue weighted by Crippen LogP contribution is -2.44. The third-order valence-electron chi connectivity index (χ3n) is 4.85. The van der Waals surface area contributed by atoms with Crippen LogP contribution < -0.4 is 10.2 Å². The molecule has 2 N–H and O–H groups in total. The summed E-state index contributed by atoms with van der Waals surface area (Å²) in [7, 11) is 1.89. The van der Waals surface area contributed by atoms with Crippen molar-refractivity contribution in [2.24, 2.45) is 7.05 Å². The molecule has 0 bridgehead atoms. The second kappa shape index (κ2) is 6.62. The first-order valence-corrected chi connectivity index (χ1v) is 8.61. The third-order valence-corrected chi connectivity index (χ3v) is 4.85. The van der Waals surface area contributed by atoms with Crippen LogP contribution in [-0.4, -0.2) is 50.3 Å². The number of amides is 1.